The first-order valence-corrected chi connectivity index (χ1v) is 6.34. The summed E-state index contributed by atoms with van der Waals surface area (Å²) in [6.07, 6.45) is 0.925. The second-order valence-electron chi connectivity index (χ2n) is 4.09. The predicted octanol–water partition coefficient (Wildman–Crippen LogP) is 2.28. The Morgan fingerprint density at radius 2 is 2.18 bits per heavy atom. The minimum Gasteiger partial charge on any atom is -0.300 e. The van der Waals surface area contributed by atoms with Crippen LogP contribution in [0.25, 0.3) is 0 Å². The van der Waals surface area contributed by atoms with Gasteiger partial charge in [0.15, 0.2) is 0 Å². The van der Waals surface area contributed by atoms with Gasteiger partial charge >= 0.3 is 0 Å². The van der Waals surface area contributed by atoms with E-state index in [4.69, 9.17) is 0 Å². The summed E-state index contributed by atoms with van der Waals surface area (Å²) < 4.78 is 0. The van der Waals surface area contributed by atoms with Crippen LogP contribution in [-0.2, 0) is 4.79 Å². The van der Waals surface area contributed by atoms with Crippen LogP contribution in [0.4, 0.5) is 5.13 Å². The number of anilines is 1. The van der Waals surface area contributed by atoms with E-state index in [9.17, 15) is 4.79 Å². The minimum atomic E-state index is 0.0515. The fourth-order valence-corrected chi connectivity index (χ4v) is 2.43. The van der Waals surface area contributed by atoms with E-state index in [0.29, 0.717) is 11.0 Å². The van der Waals surface area contributed by atoms with Gasteiger partial charge in [0.25, 0.3) is 0 Å². The van der Waals surface area contributed by atoms with Crippen LogP contribution in [-0.4, -0.2) is 16.1 Å². The van der Waals surface area contributed by atoms with Gasteiger partial charge in [-0.15, -0.1) is 10.2 Å². The molecule has 1 N–H and O–H groups in total. The molecular formula is C12H11N3OS. The third kappa shape index (κ3) is 2.19. The zero-order chi connectivity index (χ0) is 11.7. The number of aromatic nitrogens is 2. The quantitative estimate of drug-likeness (QED) is 0.902. The first kappa shape index (κ1) is 10.4. The van der Waals surface area contributed by atoms with Gasteiger partial charge in [0.2, 0.25) is 11.0 Å². The lowest BCUT2D eigenvalue weighted by Gasteiger charge is -2.00. The van der Waals surface area contributed by atoms with E-state index >= 15 is 0 Å². The molecule has 1 fully saturated rings. The number of nitrogens with zero attached hydrogens (tertiary/aromatic N) is 2. The molecule has 0 unspecified atom stereocenters. The van der Waals surface area contributed by atoms with Crippen molar-refractivity contribution in [2.24, 2.45) is 5.92 Å². The number of carbonyl (C=O) groups is 1. The maximum absolute atomic E-state index is 11.9. The van der Waals surface area contributed by atoms with E-state index in [-0.39, 0.29) is 11.8 Å². The highest BCUT2D eigenvalue weighted by molar-refractivity contribution is 7.13. The third-order valence-corrected chi connectivity index (χ3v) is 3.55. The Kier molecular flexibility index (Phi) is 2.60. The lowest BCUT2D eigenvalue weighted by atomic mass is 10.1. The summed E-state index contributed by atoms with van der Waals surface area (Å²) in [5, 5.41) is 10.9. The Labute approximate surface area is 103 Å². The number of nitrogens with one attached hydrogen (secondary N) is 1. The van der Waals surface area contributed by atoms with Gasteiger partial charge in [-0.2, -0.15) is 0 Å². The first-order valence-electron chi connectivity index (χ1n) is 5.46. The summed E-state index contributed by atoms with van der Waals surface area (Å²) in [5.74, 6) is 0.501. The summed E-state index contributed by atoms with van der Waals surface area (Å²) >= 11 is 1.34. The van der Waals surface area contributed by atoms with Gasteiger partial charge in [-0.3, -0.25) is 4.79 Å². The summed E-state index contributed by atoms with van der Waals surface area (Å²) in [6, 6.07) is 10.1. The molecule has 0 saturated heterocycles. The fourth-order valence-electron chi connectivity index (χ4n) is 1.98. The zero-order valence-electron chi connectivity index (χ0n) is 9.04. The molecule has 0 radical (unpaired) electrons. The second-order valence-corrected chi connectivity index (χ2v) is 4.93. The van der Waals surface area contributed by atoms with Crippen LogP contribution in [0.2, 0.25) is 0 Å². The van der Waals surface area contributed by atoms with Crippen molar-refractivity contribution in [2.75, 3.05) is 5.32 Å². The lowest BCUT2D eigenvalue weighted by Crippen LogP contribution is -2.14. The van der Waals surface area contributed by atoms with Gasteiger partial charge in [0.1, 0.15) is 5.51 Å². The standard InChI is InChI=1S/C12H11N3OS/c16-11(14-12-15-13-7-17-12)10-6-9(10)8-4-2-1-3-5-8/h1-5,7,9-10H,6H2,(H,14,15,16)/t9-,10+/m1/s1. The highest BCUT2D eigenvalue weighted by Gasteiger charge is 2.43. The van der Waals surface area contributed by atoms with E-state index in [1.165, 1.54) is 16.9 Å². The molecule has 86 valence electrons. The van der Waals surface area contributed by atoms with Gasteiger partial charge in [-0.25, -0.2) is 0 Å². The molecule has 1 aliphatic carbocycles. The molecule has 4 nitrogen and oxygen atoms in total. The number of hydrogen-bond acceptors (Lipinski definition) is 4. The molecule has 1 aromatic heterocycles. The summed E-state index contributed by atoms with van der Waals surface area (Å²) in [6.45, 7) is 0. The Bertz CT molecular complexity index is 512. The molecule has 0 bridgehead atoms. The van der Waals surface area contributed by atoms with Crippen molar-refractivity contribution < 1.29 is 4.79 Å². The van der Waals surface area contributed by atoms with E-state index in [1.807, 2.05) is 18.2 Å². The molecule has 2 aromatic rings. The normalized spacial score (nSPS) is 22.1. The van der Waals surface area contributed by atoms with E-state index in [1.54, 1.807) is 5.51 Å². The average molecular weight is 245 g/mol. The highest BCUT2D eigenvalue weighted by atomic mass is 32.1. The van der Waals surface area contributed by atoms with Crippen molar-refractivity contribution in [2.45, 2.75) is 12.3 Å². The molecule has 17 heavy (non-hydrogen) atoms. The van der Waals surface area contributed by atoms with Crippen LogP contribution >= 0.6 is 11.3 Å². The van der Waals surface area contributed by atoms with Gasteiger partial charge in [-0.1, -0.05) is 41.7 Å². The number of rotatable bonds is 3. The molecule has 5 heteroatoms. The van der Waals surface area contributed by atoms with Crippen LogP contribution in [0.5, 0.6) is 0 Å². The second kappa shape index (κ2) is 4.25. The van der Waals surface area contributed by atoms with Gasteiger partial charge in [-0.05, 0) is 17.9 Å². The Morgan fingerprint density at radius 1 is 1.35 bits per heavy atom. The van der Waals surface area contributed by atoms with Crippen LogP contribution < -0.4 is 5.32 Å². The molecular weight excluding hydrogens is 234 g/mol. The smallest absolute Gasteiger partial charge is 0.229 e. The van der Waals surface area contributed by atoms with Crippen molar-refractivity contribution in [1.82, 2.24) is 10.2 Å². The van der Waals surface area contributed by atoms with Gasteiger partial charge in [0, 0.05) is 5.92 Å². The van der Waals surface area contributed by atoms with Crippen LogP contribution in [0, 0.1) is 5.92 Å². The van der Waals surface area contributed by atoms with Crippen molar-refractivity contribution >= 4 is 22.4 Å². The molecule has 1 saturated carbocycles. The van der Waals surface area contributed by atoms with Crippen molar-refractivity contribution in [1.29, 1.82) is 0 Å². The molecule has 1 heterocycles. The molecule has 1 aliphatic rings. The molecule has 1 aromatic carbocycles. The predicted molar refractivity (Wildman–Crippen MR) is 65.8 cm³/mol. The number of hydrogen-bond donors (Lipinski definition) is 1. The van der Waals surface area contributed by atoms with Crippen molar-refractivity contribution in [3.8, 4) is 0 Å². The highest BCUT2D eigenvalue weighted by Crippen LogP contribution is 2.47. The molecule has 3 rings (SSSR count). The van der Waals surface area contributed by atoms with Crippen LogP contribution in [0.3, 0.4) is 0 Å². The van der Waals surface area contributed by atoms with Gasteiger partial charge < -0.3 is 5.32 Å². The number of carbonyl (C=O) groups excluding carboxylic acids is 1. The molecule has 0 spiro atoms. The third-order valence-electron chi connectivity index (χ3n) is 2.95. The van der Waals surface area contributed by atoms with Gasteiger partial charge in [0.05, 0.1) is 0 Å². The van der Waals surface area contributed by atoms with E-state index in [2.05, 4.69) is 27.6 Å². The maximum Gasteiger partial charge on any atom is 0.229 e. The van der Waals surface area contributed by atoms with Crippen molar-refractivity contribution in [3.05, 3.63) is 41.4 Å². The summed E-state index contributed by atoms with van der Waals surface area (Å²) in [7, 11) is 0. The molecule has 1 amide bonds. The molecule has 0 aliphatic heterocycles. The van der Waals surface area contributed by atoms with Crippen LogP contribution in [0.15, 0.2) is 35.8 Å². The minimum absolute atomic E-state index is 0.0515. The monoisotopic (exact) mass is 245 g/mol. The largest absolute Gasteiger partial charge is 0.300 e. The maximum atomic E-state index is 11.9. The lowest BCUT2D eigenvalue weighted by molar-refractivity contribution is -0.117. The first-order chi connectivity index (χ1) is 8.34. The zero-order valence-corrected chi connectivity index (χ0v) is 9.85. The van der Waals surface area contributed by atoms with E-state index in [0.717, 1.165) is 6.42 Å². The average Bonchev–Trinajstić information content (AvgIpc) is 3.02. The van der Waals surface area contributed by atoms with E-state index < -0.39 is 0 Å². The molecule has 2 atom stereocenters. The van der Waals surface area contributed by atoms with Crippen LogP contribution in [0.1, 0.15) is 17.9 Å². The fraction of sp³-hybridized carbons (Fsp3) is 0.250. The Hall–Kier alpha value is -1.75. The Morgan fingerprint density at radius 3 is 2.88 bits per heavy atom. The summed E-state index contributed by atoms with van der Waals surface area (Å²) in [4.78, 5) is 11.9. The Balaban J connectivity index is 1.63. The van der Waals surface area contributed by atoms with Crippen molar-refractivity contribution in [3.63, 3.8) is 0 Å². The SMILES string of the molecule is O=C(Nc1nncs1)[C@H]1C[C@@H]1c1ccccc1. The number of amides is 1. The topological polar surface area (TPSA) is 54.9 Å². The number of benzene rings is 1. The summed E-state index contributed by atoms with van der Waals surface area (Å²) in [5.41, 5.74) is 2.85.